The predicted octanol–water partition coefficient (Wildman–Crippen LogP) is 3.77. The maximum atomic E-state index is 13.5. The molecule has 26 heavy (non-hydrogen) atoms. The molecule has 6 nitrogen and oxygen atoms in total. The van der Waals surface area contributed by atoms with Crippen molar-refractivity contribution in [2.75, 3.05) is 5.32 Å². The average Bonchev–Trinajstić information content (AvgIpc) is 3.06. The smallest absolute Gasteiger partial charge is 0.254 e. The van der Waals surface area contributed by atoms with Gasteiger partial charge < -0.3 is 5.32 Å². The van der Waals surface area contributed by atoms with Crippen molar-refractivity contribution >= 4 is 17.3 Å². The maximum absolute atomic E-state index is 13.5. The number of rotatable bonds is 4. The van der Waals surface area contributed by atoms with E-state index in [0.29, 0.717) is 23.8 Å². The van der Waals surface area contributed by atoms with E-state index in [9.17, 15) is 8.78 Å². The zero-order valence-electron chi connectivity index (χ0n) is 13.8. The van der Waals surface area contributed by atoms with Crippen LogP contribution in [0.2, 0.25) is 0 Å². The van der Waals surface area contributed by atoms with Gasteiger partial charge in [0, 0.05) is 41.5 Å². The van der Waals surface area contributed by atoms with Gasteiger partial charge in [0.15, 0.2) is 5.82 Å². The number of fused-ring (bicyclic) bond motifs is 1. The van der Waals surface area contributed by atoms with E-state index in [1.807, 2.05) is 13.0 Å². The first-order valence-corrected chi connectivity index (χ1v) is 8.02. The number of hydrogen-bond donors (Lipinski definition) is 1. The summed E-state index contributed by atoms with van der Waals surface area (Å²) in [6.07, 6.45) is 4.00. The zero-order valence-corrected chi connectivity index (χ0v) is 13.8. The molecule has 4 aromatic rings. The molecule has 8 heteroatoms. The molecule has 0 aliphatic rings. The largest absolute Gasteiger partial charge is 0.340 e. The molecule has 3 heterocycles. The average molecular weight is 352 g/mol. The fourth-order valence-corrected chi connectivity index (χ4v) is 2.58. The van der Waals surface area contributed by atoms with Crippen molar-refractivity contribution in [1.82, 2.24) is 24.6 Å². The molecule has 0 fully saturated rings. The Morgan fingerprint density at radius 1 is 1.08 bits per heavy atom. The van der Waals surface area contributed by atoms with Crippen LogP contribution < -0.4 is 5.32 Å². The van der Waals surface area contributed by atoms with E-state index < -0.39 is 11.6 Å². The van der Waals surface area contributed by atoms with Gasteiger partial charge in [0.25, 0.3) is 5.78 Å². The van der Waals surface area contributed by atoms with Crippen molar-refractivity contribution in [1.29, 1.82) is 0 Å². The first-order valence-electron chi connectivity index (χ1n) is 8.02. The van der Waals surface area contributed by atoms with Crippen molar-refractivity contribution in [2.24, 2.45) is 0 Å². The van der Waals surface area contributed by atoms with E-state index in [4.69, 9.17) is 0 Å². The molecule has 3 aromatic heterocycles. The quantitative estimate of drug-likeness (QED) is 0.605. The zero-order chi connectivity index (χ0) is 18.1. The number of hydrogen-bond acceptors (Lipinski definition) is 5. The number of nitrogens with zero attached hydrogens (tertiary/aromatic N) is 5. The van der Waals surface area contributed by atoms with Gasteiger partial charge in [0.1, 0.15) is 17.5 Å². The molecule has 1 aromatic carbocycles. The molecular formula is C18H14F2N6. The highest BCUT2D eigenvalue weighted by atomic mass is 19.1. The number of aryl methyl sites for hydroxylation is 1. The molecule has 0 unspecified atom stereocenters. The molecule has 0 saturated carbocycles. The van der Waals surface area contributed by atoms with E-state index in [1.54, 1.807) is 24.5 Å². The summed E-state index contributed by atoms with van der Waals surface area (Å²) < 4.78 is 28.5. The molecule has 0 aliphatic carbocycles. The molecule has 0 spiro atoms. The van der Waals surface area contributed by atoms with Gasteiger partial charge in [-0.15, -0.1) is 5.10 Å². The van der Waals surface area contributed by atoms with Crippen LogP contribution in [0, 0.1) is 11.6 Å². The van der Waals surface area contributed by atoms with Crippen LogP contribution in [0.4, 0.5) is 20.3 Å². The van der Waals surface area contributed by atoms with Gasteiger partial charge in [0.05, 0.1) is 0 Å². The van der Waals surface area contributed by atoms with Crippen molar-refractivity contribution in [3.05, 3.63) is 66.1 Å². The Kier molecular flexibility index (Phi) is 4.00. The van der Waals surface area contributed by atoms with Gasteiger partial charge in [-0.3, -0.25) is 4.98 Å². The third-order valence-electron chi connectivity index (χ3n) is 3.78. The van der Waals surface area contributed by atoms with Crippen molar-refractivity contribution in [2.45, 2.75) is 13.3 Å². The molecule has 4 rings (SSSR count). The number of pyridine rings is 1. The molecule has 130 valence electrons. The van der Waals surface area contributed by atoms with Crippen LogP contribution in [0.15, 0.2) is 48.8 Å². The van der Waals surface area contributed by atoms with E-state index in [0.717, 1.165) is 17.3 Å². The SMILES string of the molecule is CCc1cc(Nc2cc(F)cc(F)c2)n2nc(-c3cccnc3)nc2n1. The molecule has 0 aliphatic heterocycles. The third-order valence-corrected chi connectivity index (χ3v) is 3.78. The minimum absolute atomic E-state index is 0.274. The number of halogens is 2. The van der Waals surface area contributed by atoms with E-state index in [-0.39, 0.29) is 5.69 Å². The molecule has 0 saturated heterocycles. The van der Waals surface area contributed by atoms with Crippen LogP contribution in [0.5, 0.6) is 0 Å². The highest BCUT2D eigenvalue weighted by Crippen LogP contribution is 2.22. The third kappa shape index (κ3) is 3.08. The Bertz CT molecular complexity index is 1060. The van der Waals surface area contributed by atoms with Gasteiger partial charge in [0.2, 0.25) is 0 Å². The second-order valence-corrected chi connectivity index (χ2v) is 5.66. The summed E-state index contributed by atoms with van der Waals surface area (Å²) in [6, 6.07) is 8.65. The number of benzene rings is 1. The molecule has 0 radical (unpaired) electrons. The second-order valence-electron chi connectivity index (χ2n) is 5.66. The van der Waals surface area contributed by atoms with Gasteiger partial charge in [-0.05, 0) is 30.7 Å². The Labute approximate surface area is 147 Å². The van der Waals surface area contributed by atoms with Crippen LogP contribution in [0.1, 0.15) is 12.6 Å². The van der Waals surface area contributed by atoms with Crippen molar-refractivity contribution in [3.63, 3.8) is 0 Å². The second kappa shape index (κ2) is 6.47. The minimum Gasteiger partial charge on any atom is -0.340 e. The first-order chi connectivity index (χ1) is 12.6. The minimum atomic E-state index is -0.664. The normalized spacial score (nSPS) is 11.0. The van der Waals surface area contributed by atoms with Crippen LogP contribution in [-0.2, 0) is 6.42 Å². The Balaban J connectivity index is 1.83. The fraction of sp³-hybridized carbons (Fsp3) is 0.111. The van der Waals surface area contributed by atoms with Gasteiger partial charge >= 0.3 is 0 Å². The summed E-state index contributed by atoms with van der Waals surface area (Å²) in [7, 11) is 0. The van der Waals surface area contributed by atoms with Gasteiger partial charge in [-0.1, -0.05) is 6.92 Å². The van der Waals surface area contributed by atoms with Crippen molar-refractivity contribution in [3.8, 4) is 11.4 Å². The van der Waals surface area contributed by atoms with E-state index in [2.05, 4.69) is 25.4 Å². The molecule has 0 amide bonds. The summed E-state index contributed by atoms with van der Waals surface area (Å²) in [5, 5.41) is 7.45. The predicted molar refractivity (Wildman–Crippen MR) is 93.0 cm³/mol. The summed E-state index contributed by atoms with van der Waals surface area (Å²) in [6.45, 7) is 1.96. The summed E-state index contributed by atoms with van der Waals surface area (Å²) in [4.78, 5) is 13.0. The van der Waals surface area contributed by atoms with Crippen LogP contribution in [0.25, 0.3) is 17.2 Å². The van der Waals surface area contributed by atoms with Crippen molar-refractivity contribution < 1.29 is 8.78 Å². The summed E-state index contributed by atoms with van der Waals surface area (Å²) >= 11 is 0. The Hall–Kier alpha value is -3.42. The monoisotopic (exact) mass is 352 g/mol. The molecule has 1 N–H and O–H groups in total. The summed E-state index contributed by atoms with van der Waals surface area (Å²) in [5.74, 6) is 0.0423. The Morgan fingerprint density at radius 2 is 1.88 bits per heavy atom. The number of anilines is 2. The molecule has 0 atom stereocenters. The first kappa shape index (κ1) is 16.1. The lowest BCUT2D eigenvalue weighted by atomic mass is 10.3. The van der Waals surface area contributed by atoms with Crippen LogP contribution >= 0.6 is 0 Å². The van der Waals surface area contributed by atoms with Crippen LogP contribution in [-0.4, -0.2) is 24.6 Å². The van der Waals surface area contributed by atoms with E-state index in [1.165, 1.54) is 16.6 Å². The Morgan fingerprint density at radius 3 is 2.58 bits per heavy atom. The molecular weight excluding hydrogens is 338 g/mol. The van der Waals surface area contributed by atoms with Gasteiger partial charge in [-0.25, -0.2) is 13.8 Å². The fourth-order valence-electron chi connectivity index (χ4n) is 2.58. The number of aromatic nitrogens is 5. The summed E-state index contributed by atoms with van der Waals surface area (Å²) in [5.41, 5.74) is 1.80. The topological polar surface area (TPSA) is 68.0 Å². The highest BCUT2D eigenvalue weighted by molar-refractivity contribution is 5.61. The molecule has 0 bridgehead atoms. The maximum Gasteiger partial charge on any atom is 0.254 e. The van der Waals surface area contributed by atoms with Crippen LogP contribution in [0.3, 0.4) is 0 Å². The van der Waals surface area contributed by atoms with Gasteiger partial charge in [-0.2, -0.15) is 9.50 Å². The highest BCUT2D eigenvalue weighted by Gasteiger charge is 2.13. The standard InChI is InChI=1S/C18H14F2N6/c1-2-14-9-16(22-15-7-12(19)6-13(20)8-15)26-18(23-14)24-17(25-26)11-4-3-5-21-10-11/h3-10,22H,2H2,1H3. The van der Waals surface area contributed by atoms with E-state index >= 15 is 0 Å². The lowest BCUT2D eigenvalue weighted by molar-refractivity contribution is 0.584. The number of nitrogens with one attached hydrogen (secondary N) is 1. The lowest BCUT2D eigenvalue weighted by Crippen LogP contribution is -2.04. The lowest BCUT2D eigenvalue weighted by Gasteiger charge is -2.09.